The zero-order valence-electron chi connectivity index (χ0n) is 8.94. The van der Waals surface area contributed by atoms with E-state index in [0.29, 0.717) is 15.8 Å². The highest BCUT2D eigenvalue weighted by atomic mass is 79.9. The zero-order chi connectivity index (χ0) is 12.7. The maximum absolute atomic E-state index is 6.17. The maximum atomic E-state index is 6.17. The summed E-state index contributed by atoms with van der Waals surface area (Å²) in [6.07, 6.45) is 1.67. The van der Waals surface area contributed by atoms with Crippen molar-refractivity contribution >= 4 is 44.8 Å². The zero-order valence-corrected chi connectivity index (χ0v) is 12.0. The highest BCUT2D eigenvalue weighted by molar-refractivity contribution is 9.10. The van der Waals surface area contributed by atoms with Crippen molar-refractivity contribution in [3.05, 3.63) is 51.2 Å². The van der Waals surface area contributed by atoms with Crippen molar-refractivity contribution < 1.29 is 0 Å². The first-order chi connectivity index (χ1) is 8.65. The highest BCUT2D eigenvalue weighted by Gasteiger charge is 2.09. The first-order valence-electron chi connectivity index (χ1n) is 5.11. The van der Waals surface area contributed by atoms with Crippen LogP contribution in [0.2, 0.25) is 10.2 Å². The summed E-state index contributed by atoms with van der Waals surface area (Å²) in [5.74, 6) is 0. The SMILES string of the molecule is Clc1ccc(-c2cc(Cl)n3ncc(Br)c3n2)cc1. The summed E-state index contributed by atoms with van der Waals surface area (Å²) >= 11 is 15.4. The van der Waals surface area contributed by atoms with Crippen molar-refractivity contribution in [2.24, 2.45) is 0 Å². The van der Waals surface area contributed by atoms with Gasteiger partial charge in [0.05, 0.1) is 16.4 Å². The number of rotatable bonds is 1. The number of benzene rings is 1. The minimum absolute atomic E-state index is 0.510. The minimum atomic E-state index is 0.510. The summed E-state index contributed by atoms with van der Waals surface area (Å²) in [6.45, 7) is 0. The predicted molar refractivity (Wildman–Crippen MR) is 76.1 cm³/mol. The average molecular weight is 343 g/mol. The summed E-state index contributed by atoms with van der Waals surface area (Å²) < 4.78 is 2.38. The standard InChI is InChI=1S/C12H6BrCl2N3/c13-9-6-16-18-11(15)5-10(17-12(9)18)7-1-3-8(14)4-2-7/h1-6H. The van der Waals surface area contributed by atoms with Crippen LogP contribution in [0.5, 0.6) is 0 Å². The first kappa shape index (κ1) is 12.0. The lowest BCUT2D eigenvalue weighted by atomic mass is 10.1. The molecule has 0 radical (unpaired) electrons. The van der Waals surface area contributed by atoms with Gasteiger partial charge in [0.1, 0.15) is 5.15 Å². The van der Waals surface area contributed by atoms with E-state index in [2.05, 4.69) is 26.0 Å². The van der Waals surface area contributed by atoms with Crippen molar-refractivity contribution in [1.82, 2.24) is 14.6 Å². The van der Waals surface area contributed by atoms with Crippen molar-refractivity contribution in [2.75, 3.05) is 0 Å². The third-order valence-corrected chi connectivity index (χ3v) is 3.61. The third-order valence-electron chi connectivity index (χ3n) is 2.53. The number of nitrogens with zero attached hydrogens (tertiary/aromatic N) is 3. The molecule has 6 heteroatoms. The Hall–Kier alpha value is -1.10. The minimum Gasteiger partial charge on any atom is -0.227 e. The predicted octanol–water partition coefficient (Wildman–Crippen LogP) is 4.47. The Bertz CT molecular complexity index is 722. The van der Waals surface area contributed by atoms with Crippen LogP contribution in [0.4, 0.5) is 0 Å². The fraction of sp³-hybridized carbons (Fsp3) is 0. The fourth-order valence-corrected chi connectivity index (χ4v) is 2.37. The Kier molecular flexibility index (Phi) is 3.01. The molecule has 1 aromatic carbocycles. The molecule has 0 unspecified atom stereocenters. The largest absolute Gasteiger partial charge is 0.227 e. The second kappa shape index (κ2) is 4.53. The van der Waals surface area contributed by atoms with Crippen molar-refractivity contribution in [1.29, 1.82) is 0 Å². The molecule has 0 fully saturated rings. The lowest BCUT2D eigenvalue weighted by Crippen LogP contribution is -1.94. The van der Waals surface area contributed by atoms with E-state index in [1.807, 2.05) is 24.3 Å². The van der Waals surface area contributed by atoms with Crippen LogP contribution in [-0.2, 0) is 0 Å². The summed E-state index contributed by atoms with van der Waals surface area (Å²) in [5, 5.41) is 5.32. The molecule has 3 nitrogen and oxygen atoms in total. The molecule has 0 saturated heterocycles. The van der Waals surface area contributed by atoms with E-state index in [4.69, 9.17) is 23.2 Å². The van der Waals surface area contributed by atoms with Crippen LogP contribution in [0, 0.1) is 0 Å². The summed E-state index contributed by atoms with van der Waals surface area (Å²) in [6, 6.07) is 9.23. The first-order valence-corrected chi connectivity index (χ1v) is 6.66. The van der Waals surface area contributed by atoms with Crippen LogP contribution in [0.1, 0.15) is 0 Å². The molecule has 18 heavy (non-hydrogen) atoms. The van der Waals surface area contributed by atoms with Gasteiger partial charge in [-0.2, -0.15) is 5.10 Å². The van der Waals surface area contributed by atoms with Gasteiger partial charge in [-0.1, -0.05) is 35.3 Å². The van der Waals surface area contributed by atoms with E-state index in [0.717, 1.165) is 15.7 Å². The van der Waals surface area contributed by atoms with Crippen LogP contribution < -0.4 is 0 Å². The second-order valence-electron chi connectivity index (χ2n) is 3.70. The van der Waals surface area contributed by atoms with Gasteiger partial charge in [0.2, 0.25) is 0 Å². The molecule has 3 aromatic rings. The quantitative estimate of drug-likeness (QED) is 0.611. The normalized spacial score (nSPS) is 11.1. The molecular weight excluding hydrogens is 337 g/mol. The van der Waals surface area contributed by atoms with Crippen LogP contribution >= 0.6 is 39.1 Å². The van der Waals surface area contributed by atoms with Crippen LogP contribution in [0.3, 0.4) is 0 Å². The van der Waals surface area contributed by atoms with E-state index in [1.54, 1.807) is 16.8 Å². The number of halogens is 3. The molecule has 0 aliphatic heterocycles. The van der Waals surface area contributed by atoms with Gasteiger partial charge in [-0.05, 0) is 28.1 Å². The van der Waals surface area contributed by atoms with Gasteiger partial charge < -0.3 is 0 Å². The topological polar surface area (TPSA) is 30.2 Å². The molecule has 90 valence electrons. The van der Waals surface area contributed by atoms with Crippen molar-refractivity contribution in [2.45, 2.75) is 0 Å². The van der Waals surface area contributed by atoms with Gasteiger partial charge in [-0.25, -0.2) is 9.50 Å². The molecule has 0 aliphatic rings. The monoisotopic (exact) mass is 341 g/mol. The Balaban J connectivity index is 2.23. The third kappa shape index (κ3) is 2.00. The Morgan fingerprint density at radius 3 is 2.56 bits per heavy atom. The lowest BCUT2D eigenvalue weighted by Gasteiger charge is -2.04. The summed E-state index contributed by atoms with van der Waals surface area (Å²) in [5.41, 5.74) is 2.43. The van der Waals surface area contributed by atoms with Gasteiger partial charge in [-0.3, -0.25) is 0 Å². The molecule has 0 aliphatic carbocycles. The fourth-order valence-electron chi connectivity index (χ4n) is 1.67. The molecule has 0 spiro atoms. The van der Waals surface area contributed by atoms with Crippen LogP contribution in [0.25, 0.3) is 16.9 Å². The average Bonchev–Trinajstić information content (AvgIpc) is 2.73. The van der Waals surface area contributed by atoms with E-state index in [-0.39, 0.29) is 0 Å². The van der Waals surface area contributed by atoms with Gasteiger partial charge in [0.15, 0.2) is 5.65 Å². The molecule has 2 aromatic heterocycles. The molecule has 3 rings (SSSR count). The van der Waals surface area contributed by atoms with Crippen LogP contribution in [0.15, 0.2) is 41.0 Å². The summed E-state index contributed by atoms with van der Waals surface area (Å²) in [4.78, 5) is 4.52. The van der Waals surface area contributed by atoms with Gasteiger partial charge in [0.25, 0.3) is 0 Å². The maximum Gasteiger partial charge on any atom is 0.171 e. The van der Waals surface area contributed by atoms with E-state index in [9.17, 15) is 0 Å². The van der Waals surface area contributed by atoms with Crippen molar-refractivity contribution in [3.63, 3.8) is 0 Å². The second-order valence-corrected chi connectivity index (χ2v) is 5.38. The molecule has 2 heterocycles. The van der Waals surface area contributed by atoms with E-state index >= 15 is 0 Å². The van der Waals surface area contributed by atoms with Gasteiger partial charge in [-0.15, -0.1) is 0 Å². The molecular formula is C12H6BrCl2N3. The van der Waals surface area contributed by atoms with Gasteiger partial charge in [0, 0.05) is 16.7 Å². The molecule has 0 atom stereocenters. The lowest BCUT2D eigenvalue weighted by molar-refractivity contribution is 0.942. The molecule has 0 amide bonds. The number of hydrogen-bond acceptors (Lipinski definition) is 2. The smallest absolute Gasteiger partial charge is 0.171 e. The van der Waals surface area contributed by atoms with Gasteiger partial charge >= 0.3 is 0 Å². The highest BCUT2D eigenvalue weighted by Crippen LogP contribution is 2.26. The molecule has 0 N–H and O–H groups in total. The Labute approximate surface area is 121 Å². The molecule has 0 saturated carbocycles. The number of fused-ring (bicyclic) bond motifs is 1. The Morgan fingerprint density at radius 1 is 1.11 bits per heavy atom. The molecule has 0 bridgehead atoms. The Morgan fingerprint density at radius 2 is 1.83 bits per heavy atom. The van der Waals surface area contributed by atoms with Crippen molar-refractivity contribution in [3.8, 4) is 11.3 Å². The summed E-state index contributed by atoms with van der Waals surface area (Å²) in [7, 11) is 0. The van der Waals surface area contributed by atoms with E-state index in [1.165, 1.54) is 0 Å². The number of hydrogen-bond donors (Lipinski definition) is 0. The number of aromatic nitrogens is 3. The van der Waals surface area contributed by atoms with Crippen LogP contribution in [-0.4, -0.2) is 14.6 Å². The van der Waals surface area contributed by atoms with E-state index < -0.39 is 0 Å².